The van der Waals surface area contributed by atoms with E-state index in [2.05, 4.69) is 28.2 Å². The molecule has 1 aromatic heterocycles. The lowest BCUT2D eigenvalue weighted by molar-refractivity contribution is -0.139. The molecule has 1 aromatic carbocycles. The molecule has 1 amide bonds. The van der Waals surface area contributed by atoms with Gasteiger partial charge in [0.1, 0.15) is 11.9 Å². The van der Waals surface area contributed by atoms with Crippen LogP contribution in [0.4, 0.5) is 0 Å². The van der Waals surface area contributed by atoms with Gasteiger partial charge in [0.05, 0.1) is 19.6 Å². The zero-order valence-electron chi connectivity index (χ0n) is 14.8. The van der Waals surface area contributed by atoms with Gasteiger partial charge in [0, 0.05) is 18.4 Å². The fourth-order valence-corrected chi connectivity index (χ4v) is 3.90. The average Bonchev–Trinajstić information content (AvgIpc) is 3.08. The summed E-state index contributed by atoms with van der Waals surface area (Å²) in [6, 6.07) is 6.45. The van der Waals surface area contributed by atoms with E-state index < -0.39 is 0 Å². The van der Waals surface area contributed by atoms with Crippen LogP contribution in [0, 0.1) is 6.92 Å². The average molecular weight is 339 g/mol. The Balaban J connectivity index is 1.51. The summed E-state index contributed by atoms with van der Waals surface area (Å²) < 4.78 is 5.60. The number of rotatable bonds is 3. The van der Waals surface area contributed by atoms with Crippen molar-refractivity contribution in [2.45, 2.75) is 45.1 Å². The Labute approximate surface area is 148 Å². The fourth-order valence-electron chi connectivity index (χ4n) is 3.90. The summed E-state index contributed by atoms with van der Waals surface area (Å²) in [6.45, 7) is 3.68. The standard InChI is InChI=1S/C20H25N3O2/c1-14-12-21-20(22-14)18-13-25-9-8-23(18)19(24)11-15-6-7-16-4-2-3-5-17(16)10-15/h6-7,10,12,18H,2-5,8-9,11,13H2,1H3,(H,21,22)/t18-/m1/s1. The first-order valence-electron chi connectivity index (χ1n) is 9.20. The minimum absolute atomic E-state index is 0.118. The van der Waals surface area contributed by atoms with Crippen LogP contribution in [0.3, 0.4) is 0 Å². The molecule has 2 heterocycles. The molecule has 1 aliphatic heterocycles. The van der Waals surface area contributed by atoms with Crippen LogP contribution in [-0.4, -0.2) is 40.5 Å². The molecule has 5 nitrogen and oxygen atoms in total. The van der Waals surface area contributed by atoms with Crippen molar-refractivity contribution in [3.05, 3.63) is 52.6 Å². The lowest BCUT2D eigenvalue weighted by Gasteiger charge is -2.34. The van der Waals surface area contributed by atoms with Crippen molar-refractivity contribution in [3.63, 3.8) is 0 Å². The van der Waals surface area contributed by atoms with Gasteiger partial charge in [-0.2, -0.15) is 0 Å². The van der Waals surface area contributed by atoms with Gasteiger partial charge in [-0.05, 0) is 49.3 Å². The molecule has 1 fully saturated rings. The largest absolute Gasteiger partial charge is 0.377 e. The van der Waals surface area contributed by atoms with E-state index in [-0.39, 0.29) is 11.9 Å². The zero-order valence-corrected chi connectivity index (χ0v) is 14.8. The lowest BCUT2D eigenvalue weighted by atomic mass is 9.90. The topological polar surface area (TPSA) is 58.2 Å². The number of carbonyl (C=O) groups excluding carboxylic acids is 1. The molecule has 1 aliphatic carbocycles. The molecule has 5 heteroatoms. The van der Waals surface area contributed by atoms with E-state index in [0.29, 0.717) is 26.2 Å². The molecule has 2 aromatic rings. The second kappa shape index (κ2) is 7.00. The number of hydrogen-bond donors (Lipinski definition) is 1. The van der Waals surface area contributed by atoms with E-state index in [1.165, 1.54) is 30.4 Å². The van der Waals surface area contributed by atoms with Crippen LogP contribution in [0.1, 0.15) is 47.1 Å². The van der Waals surface area contributed by atoms with Crippen LogP contribution < -0.4 is 0 Å². The Kier molecular flexibility index (Phi) is 4.57. The molecule has 0 unspecified atom stereocenters. The van der Waals surface area contributed by atoms with Gasteiger partial charge in [0.15, 0.2) is 0 Å². The molecule has 0 spiro atoms. The predicted octanol–water partition coefficient (Wildman–Crippen LogP) is 2.74. The van der Waals surface area contributed by atoms with Crippen molar-refractivity contribution >= 4 is 5.91 Å². The first kappa shape index (κ1) is 16.3. The fraction of sp³-hybridized carbons (Fsp3) is 0.500. The summed E-state index contributed by atoms with van der Waals surface area (Å²) in [5, 5.41) is 0. The van der Waals surface area contributed by atoms with Gasteiger partial charge < -0.3 is 14.6 Å². The monoisotopic (exact) mass is 339 g/mol. The third kappa shape index (κ3) is 3.47. The Morgan fingerprint density at radius 3 is 2.96 bits per heavy atom. The summed E-state index contributed by atoms with van der Waals surface area (Å²) >= 11 is 0. The Bertz CT molecular complexity index is 768. The van der Waals surface area contributed by atoms with Crippen LogP contribution in [-0.2, 0) is 28.8 Å². The van der Waals surface area contributed by atoms with E-state index in [4.69, 9.17) is 4.74 Å². The molecule has 132 valence electrons. The number of hydrogen-bond acceptors (Lipinski definition) is 3. The Morgan fingerprint density at radius 1 is 1.32 bits per heavy atom. The maximum atomic E-state index is 13.0. The first-order valence-corrected chi connectivity index (χ1v) is 9.20. The van der Waals surface area contributed by atoms with Gasteiger partial charge in [-0.25, -0.2) is 4.98 Å². The normalized spacial score (nSPS) is 20.4. The second-order valence-electron chi connectivity index (χ2n) is 7.12. The second-order valence-corrected chi connectivity index (χ2v) is 7.12. The number of nitrogens with one attached hydrogen (secondary N) is 1. The SMILES string of the molecule is Cc1cnc([C@H]2COCCN2C(=O)Cc2ccc3c(c2)CCCC3)[nH]1. The number of aryl methyl sites for hydroxylation is 3. The Morgan fingerprint density at radius 2 is 2.16 bits per heavy atom. The Hall–Kier alpha value is -2.14. The number of nitrogens with zero attached hydrogens (tertiary/aromatic N) is 2. The van der Waals surface area contributed by atoms with Crippen LogP contribution in [0.2, 0.25) is 0 Å². The smallest absolute Gasteiger partial charge is 0.227 e. The van der Waals surface area contributed by atoms with Gasteiger partial charge in [0.2, 0.25) is 5.91 Å². The zero-order chi connectivity index (χ0) is 17.2. The maximum Gasteiger partial charge on any atom is 0.227 e. The van der Waals surface area contributed by atoms with E-state index in [1.54, 1.807) is 6.20 Å². The highest BCUT2D eigenvalue weighted by Gasteiger charge is 2.30. The number of H-pyrrole nitrogens is 1. The van der Waals surface area contributed by atoms with Crippen LogP contribution >= 0.6 is 0 Å². The van der Waals surface area contributed by atoms with E-state index >= 15 is 0 Å². The summed E-state index contributed by atoms with van der Waals surface area (Å²) in [6.07, 6.45) is 7.10. The molecule has 0 radical (unpaired) electrons. The van der Waals surface area contributed by atoms with E-state index in [1.807, 2.05) is 11.8 Å². The molecule has 25 heavy (non-hydrogen) atoms. The molecule has 2 aliphatic rings. The molecule has 0 bridgehead atoms. The number of benzene rings is 1. The number of aromatic amines is 1. The van der Waals surface area contributed by atoms with Crippen LogP contribution in [0.5, 0.6) is 0 Å². The van der Waals surface area contributed by atoms with E-state index in [9.17, 15) is 4.79 Å². The number of ether oxygens (including phenoxy) is 1. The van der Waals surface area contributed by atoms with Crippen molar-refractivity contribution in [2.75, 3.05) is 19.8 Å². The summed E-state index contributed by atoms with van der Waals surface area (Å²) in [5.41, 5.74) is 5.00. The third-order valence-corrected chi connectivity index (χ3v) is 5.26. The number of morpholine rings is 1. The molecular weight excluding hydrogens is 314 g/mol. The van der Waals surface area contributed by atoms with Crippen molar-refractivity contribution in [2.24, 2.45) is 0 Å². The van der Waals surface area contributed by atoms with Crippen LogP contribution in [0.25, 0.3) is 0 Å². The molecular formula is C20H25N3O2. The molecule has 1 atom stereocenters. The van der Waals surface area contributed by atoms with Gasteiger partial charge in [-0.15, -0.1) is 0 Å². The quantitative estimate of drug-likeness (QED) is 0.935. The lowest BCUT2D eigenvalue weighted by Crippen LogP contribution is -2.44. The highest BCUT2D eigenvalue weighted by molar-refractivity contribution is 5.79. The summed E-state index contributed by atoms with van der Waals surface area (Å²) in [7, 11) is 0. The number of carbonyl (C=O) groups is 1. The van der Waals surface area contributed by atoms with Gasteiger partial charge in [0.25, 0.3) is 0 Å². The van der Waals surface area contributed by atoms with Crippen molar-refractivity contribution in [1.29, 1.82) is 0 Å². The molecule has 4 rings (SSSR count). The molecule has 1 saturated heterocycles. The first-order chi connectivity index (χ1) is 12.2. The van der Waals surface area contributed by atoms with Gasteiger partial charge in [-0.1, -0.05) is 18.2 Å². The van der Waals surface area contributed by atoms with Crippen molar-refractivity contribution in [3.8, 4) is 0 Å². The van der Waals surface area contributed by atoms with Crippen molar-refractivity contribution in [1.82, 2.24) is 14.9 Å². The maximum absolute atomic E-state index is 13.0. The highest BCUT2D eigenvalue weighted by Crippen LogP contribution is 2.25. The summed E-state index contributed by atoms with van der Waals surface area (Å²) in [4.78, 5) is 22.5. The molecule has 1 N–H and O–H groups in total. The van der Waals surface area contributed by atoms with Crippen LogP contribution in [0.15, 0.2) is 24.4 Å². The third-order valence-electron chi connectivity index (χ3n) is 5.26. The number of amides is 1. The van der Waals surface area contributed by atoms with Gasteiger partial charge >= 0.3 is 0 Å². The van der Waals surface area contributed by atoms with Gasteiger partial charge in [-0.3, -0.25) is 4.79 Å². The highest BCUT2D eigenvalue weighted by atomic mass is 16.5. The van der Waals surface area contributed by atoms with Crippen molar-refractivity contribution < 1.29 is 9.53 Å². The minimum atomic E-state index is -0.118. The predicted molar refractivity (Wildman–Crippen MR) is 95.4 cm³/mol. The summed E-state index contributed by atoms with van der Waals surface area (Å²) in [5.74, 6) is 0.967. The minimum Gasteiger partial charge on any atom is -0.377 e. The number of fused-ring (bicyclic) bond motifs is 1. The number of aromatic nitrogens is 2. The van der Waals surface area contributed by atoms with E-state index in [0.717, 1.165) is 23.5 Å². The number of imidazole rings is 1. The molecule has 0 saturated carbocycles.